The zero-order valence-electron chi connectivity index (χ0n) is 21.8. The molecule has 220 valence electrons. The van der Waals surface area contributed by atoms with Gasteiger partial charge in [-0.05, 0) is 18.2 Å². The van der Waals surface area contributed by atoms with Crippen LogP contribution >= 0.6 is 11.6 Å². The number of nitrogens with one attached hydrogen (secondary N) is 2. The van der Waals surface area contributed by atoms with Crippen LogP contribution in [-0.2, 0) is 20.8 Å². The van der Waals surface area contributed by atoms with E-state index in [0.717, 1.165) is 25.2 Å². The smallest absolute Gasteiger partial charge is 0.296 e. The first-order valence-corrected chi connectivity index (χ1v) is 13.6. The van der Waals surface area contributed by atoms with Gasteiger partial charge in [0.1, 0.15) is 41.6 Å². The van der Waals surface area contributed by atoms with E-state index in [1.165, 1.54) is 6.07 Å². The summed E-state index contributed by atoms with van der Waals surface area (Å²) in [5.74, 6) is -2.54. The summed E-state index contributed by atoms with van der Waals surface area (Å²) in [6, 6.07) is 3.56. The van der Waals surface area contributed by atoms with Crippen LogP contribution in [0.2, 0.25) is 5.02 Å². The van der Waals surface area contributed by atoms with Gasteiger partial charge in [0, 0.05) is 31.7 Å². The van der Waals surface area contributed by atoms with Crippen molar-refractivity contribution in [2.24, 2.45) is 0 Å². The average Bonchev–Trinajstić information content (AvgIpc) is 3.65. The van der Waals surface area contributed by atoms with Crippen LogP contribution < -0.4 is 14.8 Å². The van der Waals surface area contributed by atoms with Gasteiger partial charge in [0.2, 0.25) is 5.88 Å². The Morgan fingerprint density at radius 1 is 1.15 bits per heavy atom. The standard InChI is InChI=1S/C26H28ClF2N5O7/c27-15-9-18-23(33-26(31-18)41-20-12-39-21-19(35)11-38-22(20)21)32-25(15)40-10-14-16(28)7-13(8-17(14)29)24(36)30-1-2-34-3-5-37-6-4-34/h7-9,19-22,35H,1-6,10-12H2,(H,30,36)(H,31,32,33)/t19-,20-,21?,22-/m1/s1. The number of carbonyl (C=O) groups is 1. The van der Waals surface area contributed by atoms with Crippen LogP contribution in [0.5, 0.6) is 11.9 Å². The molecule has 12 nitrogen and oxygen atoms in total. The molecule has 3 aromatic rings. The van der Waals surface area contributed by atoms with Gasteiger partial charge in [0.15, 0.2) is 11.8 Å². The lowest BCUT2D eigenvalue weighted by Gasteiger charge is -2.26. The molecule has 3 fully saturated rings. The second-order valence-electron chi connectivity index (χ2n) is 9.93. The molecule has 3 saturated heterocycles. The quantitative estimate of drug-likeness (QED) is 0.333. The lowest BCUT2D eigenvalue weighted by molar-refractivity contribution is 0.00706. The monoisotopic (exact) mass is 595 g/mol. The summed E-state index contributed by atoms with van der Waals surface area (Å²) >= 11 is 6.29. The van der Waals surface area contributed by atoms with Gasteiger partial charge in [-0.3, -0.25) is 9.69 Å². The number of morpholine rings is 1. The van der Waals surface area contributed by atoms with E-state index >= 15 is 0 Å². The Bertz CT molecular complexity index is 1400. The van der Waals surface area contributed by atoms with Crippen molar-refractivity contribution < 1.29 is 42.4 Å². The van der Waals surface area contributed by atoms with Crippen molar-refractivity contribution in [2.75, 3.05) is 52.6 Å². The van der Waals surface area contributed by atoms with Crippen molar-refractivity contribution >= 4 is 28.7 Å². The zero-order chi connectivity index (χ0) is 28.5. The number of carbonyl (C=O) groups excluding carboxylic acids is 1. The summed E-state index contributed by atoms with van der Waals surface area (Å²) in [6.45, 7) is 3.63. The molecule has 5 heterocycles. The number of halogens is 3. The third-order valence-corrected chi connectivity index (χ3v) is 7.46. The molecule has 41 heavy (non-hydrogen) atoms. The Balaban J connectivity index is 1.07. The predicted molar refractivity (Wildman–Crippen MR) is 139 cm³/mol. The Hall–Kier alpha value is -3.14. The maximum absolute atomic E-state index is 14.8. The van der Waals surface area contributed by atoms with E-state index in [-0.39, 0.29) is 46.9 Å². The molecule has 4 atom stereocenters. The Kier molecular flexibility index (Phi) is 8.19. The normalized spacial score (nSPS) is 24.5. The van der Waals surface area contributed by atoms with Crippen molar-refractivity contribution in [1.82, 2.24) is 25.2 Å². The number of hydrogen-bond acceptors (Lipinski definition) is 10. The first-order valence-electron chi connectivity index (χ1n) is 13.2. The van der Waals surface area contributed by atoms with E-state index < -0.39 is 48.6 Å². The minimum atomic E-state index is -0.938. The van der Waals surface area contributed by atoms with Gasteiger partial charge in [-0.2, -0.15) is 9.97 Å². The third kappa shape index (κ3) is 6.08. The van der Waals surface area contributed by atoms with Crippen molar-refractivity contribution in [3.63, 3.8) is 0 Å². The molecule has 15 heteroatoms. The molecule has 1 unspecified atom stereocenters. The molecule has 0 spiro atoms. The van der Waals surface area contributed by atoms with Crippen LogP contribution in [0.15, 0.2) is 18.2 Å². The minimum Gasteiger partial charge on any atom is -0.471 e. The lowest BCUT2D eigenvalue weighted by Crippen LogP contribution is -2.41. The number of fused-ring (bicyclic) bond motifs is 2. The second kappa shape index (κ2) is 12.0. The molecule has 3 aliphatic heterocycles. The van der Waals surface area contributed by atoms with Crippen LogP contribution in [0.3, 0.4) is 0 Å². The SMILES string of the molecule is O=C(NCCN1CCOCC1)c1cc(F)c(COc2nc3nc(O[C@@H]4COC5[C@H](O)CO[C@@H]54)[nH]c3cc2Cl)c(F)c1. The summed E-state index contributed by atoms with van der Waals surface area (Å²) < 4.78 is 57.4. The zero-order valence-corrected chi connectivity index (χ0v) is 22.5. The number of pyridine rings is 1. The summed E-state index contributed by atoms with van der Waals surface area (Å²) in [5, 5.41) is 12.7. The van der Waals surface area contributed by atoms with Crippen LogP contribution in [0, 0.1) is 11.6 Å². The number of aromatic nitrogens is 3. The van der Waals surface area contributed by atoms with Crippen LogP contribution in [-0.4, -0.2) is 108 Å². The highest BCUT2D eigenvalue weighted by Crippen LogP contribution is 2.31. The van der Waals surface area contributed by atoms with Gasteiger partial charge in [-0.15, -0.1) is 0 Å². The van der Waals surface area contributed by atoms with Gasteiger partial charge >= 0.3 is 0 Å². The summed E-state index contributed by atoms with van der Waals surface area (Å²) in [4.78, 5) is 26.0. The molecule has 3 aliphatic rings. The first-order chi connectivity index (χ1) is 19.9. The minimum absolute atomic E-state index is 0.0799. The predicted octanol–water partition coefficient (Wildman–Crippen LogP) is 1.44. The summed E-state index contributed by atoms with van der Waals surface area (Å²) in [5.41, 5.74) is 0.131. The number of H-pyrrole nitrogens is 1. The van der Waals surface area contributed by atoms with Crippen LogP contribution in [0.4, 0.5) is 8.78 Å². The third-order valence-electron chi connectivity index (χ3n) is 7.19. The number of rotatable bonds is 9. The lowest BCUT2D eigenvalue weighted by atomic mass is 10.1. The number of nitrogens with zero attached hydrogens (tertiary/aromatic N) is 3. The van der Waals surface area contributed by atoms with Gasteiger partial charge < -0.3 is 39.1 Å². The van der Waals surface area contributed by atoms with Crippen LogP contribution in [0.1, 0.15) is 15.9 Å². The highest BCUT2D eigenvalue weighted by atomic mass is 35.5. The number of aliphatic hydroxyl groups excluding tert-OH is 1. The number of aromatic amines is 1. The molecule has 0 radical (unpaired) electrons. The highest BCUT2D eigenvalue weighted by molar-refractivity contribution is 6.32. The maximum Gasteiger partial charge on any atom is 0.296 e. The fourth-order valence-corrected chi connectivity index (χ4v) is 5.20. The van der Waals surface area contributed by atoms with Crippen molar-refractivity contribution in [1.29, 1.82) is 0 Å². The first kappa shape index (κ1) is 28.0. The number of imidazole rings is 1. The number of ether oxygens (including phenoxy) is 5. The molecule has 1 aromatic carbocycles. The molecule has 0 bridgehead atoms. The van der Waals surface area contributed by atoms with E-state index in [2.05, 4.69) is 25.2 Å². The molecule has 1 amide bonds. The number of hydrogen-bond donors (Lipinski definition) is 3. The topological polar surface area (TPSA) is 140 Å². The number of amides is 1. The molecule has 0 aliphatic carbocycles. The van der Waals surface area contributed by atoms with E-state index in [1.54, 1.807) is 0 Å². The van der Waals surface area contributed by atoms with E-state index in [4.69, 9.17) is 35.3 Å². The maximum atomic E-state index is 14.8. The van der Waals surface area contributed by atoms with Gasteiger partial charge in [-0.1, -0.05) is 11.6 Å². The molecular formula is C26H28ClF2N5O7. The fourth-order valence-electron chi connectivity index (χ4n) is 4.99. The molecule has 6 rings (SSSR count). The summed E-state index contributed by atoms with van der Waals surface area (Å²) in [7, 11) is 0. The highest BCUT2D eigenvalue weighted by Gasteiger charge is 2.48. The van der Waals surface area contributed by atoms with Crippen LogP contribution in [0.25, 0.3) is 11.2 Å². The van der Waals surface area contributed by atoms with E-state index in [1.807, 2.05) is 0 Å². The Morgan fingerprint density at radius 3 is 2.68 bits per heavy atom. The van der Waals surface area contributed by atoms with E-state index in [0.29, 0.717) is 31.8 Å². The van der Waals surface area contributed by atoms with E-state index in [9.17, 15) is 18.7 Å². The number of benzene rings is 1. The summed E-state index contributed by atoms with van der Waals surface area (Å²) in [6.07, 6.45) is -2.07. The molecule has 3 N–H and O–H groups in total. The van der Waals surface area contributed by atoms with Crippen molar-refractivity contribution in [2.45, 2.75) is 31.0 Å². The fraction of sp³-hybridized carbons (Fsp3) is 0.500. The largest absolute Gasteiger partial charge is 0.471 e. The Morgan fingerprint density at radius 2 is 1.90 bits per heavy atom. The van der Waals surface area contributed by atoms with Crippen molar-refractivity contribution in [3.05, 3.63) is 46.0 Å². The second-order valence-corrected chi connectivity index (χ2v) is 10.3. The van der Waals surface area contributed by atoms with Gasteiger partial charge in [-0.25, -0.2) is 8.78 Å². The van der Waals surface area contributed by atoms with Gasteiger partial charge in [0.05, 0.1) is 37.5 Å². The molecule has 2 aromatic heterocycles. The Labute approximate surface area is 237 Å². The van der Waals surface area contributed by atoms with Gasteiger partial charge in [0.25, 0.3) is 11.9 Å². The molecule has 0 saturated carbocycles. The molecular weight excluding hydrogens is 568 g/mol. The van der Waals surface area contributed by atoms with Crippen molar-refractivity contribution in [3.8, 4) is 11.9 Å². The number of aliphatic hydroxyl groups is 1. The average molecular weight is 596 g/mol.